The van der Waals surface area contributed by atoms with Crippen LogP contribution in [0.4, 0.5) is 0 Å². The summed E-state index contributed by atoms with van der Waals surface area (Å²) in [4.78, 5) is 12.3. The van der Waals surface area contributed by atoms with Crippen LogP contribution in [0.1, 0.15) is 52.0 Å². The molecule has 1 aromatic rings. The lowest BCUT2D eigenvalue weighted by Gasteiger charge is -2.25. The normalized spacial score (nSPS) is 16.3. The summed E-state index contributed by atoms with van der Waals surface area (Å²) >= 11 is 0. The van der Waals surface area contributed by atoms with Crippen molar-refractivity contribution in [2.45, 2.75) is 63.9 Å². The highest BCUT2D eigenvalue weighted by atomic mass is 32.2. The Hall–Kier alpha value is -1.64. The van der Waals surface area contributed by atoms with Gasteiger partial charge in [-0.1, -0.05) is 27.2 Å². The van der Waals surface area contributed by atoms with Crippen molar-refractivity contribution in [2.24, 2.45) is 5.92 Å². The van der Waals surface area contributed by atoms with Crippen molar-refractivity contribution in [3.8, 4) is 5.75 Å². The van der Waals surface area contributed by atoms with Gasteiger partial charge in [0.2, 0.25) is 10.0 Å². The van der Waals surface area contributed by atoms with Gasteiger partial charge in [-0.15, -0.1) is 0 Å². The van der Waals surface area contributed by atoms with E-state index in [1.165, 1.54) is 6.07 Å². The lowest BCUT2D eigenvalue weighted by atomic mass is 10.0. The maximum Gasteiger partial charge on any atom is 0.347 e. The van der Waals surface area contributed by atoms with Gasteiger partial charge in [0, 0.05) is 19.8 Å². The van der Waals surface area contributed by atoms with E-state index < -0.39 is 16.1 Å². The third kappa shape index (κ3) is 7.60. The van der Waals surface area contributed by atoms with E-state index in [0.29, 0.717) is 51.4 Å². The van der Waals surface area contributed by atoms with E-state index in [9.17, 15) is 13.2 Å². The van der Waals surface area contributed by atoms with E-state index in [1.54, 1.807) is 12.1 Å². The number of aryl methyl sites for hydroxylation is 1. The minimum absolute atomic E-state index is 0.201. The Labute approximate surface area is 174 Å². The van der Waals surface area contributed by atoms with Gasteiger partial charge in [0.1, 0.15) is 5.75 Å². The highest BCUT2D eigenvalue weighted by Crippen LogP contribution is 2.30. The van der Waals surface area contributed by atoms with Gasteiger partial charge in [-0.25, -0.2) is 17.9 Å². The smallest absolute Gasteiger partial charge is 0.347 e. The van der Waals surface area contributed by atoms with Gasteiger partial charge in [0.05, 0.1) is 11.5 Å². The number of ether oxygens (including phenoxy) is 3. The summed E-state index contributed by atoms with van der Waals surface area (Å²) in [6.45, 7) is 7.97. The molecule has 29 heavy (non-hydrogen) atoms. The molecule has 164 valence electrons. The van der Waals surface area contributed by atoms with E-state index >= 15 is 0 Å². The average molecular weight is 428 g/mol. The molecule has 1 aliphatic rings. The molecule has 0 unspecified atom stereocenters. The third-order valence-electron chi connectivity index (χ3n) is 4.51. The average Bonchev–Trinajstić information content (AvgIpc) is 2.70. The summed E-state index contributed by atoms with van der Waals surface area (Å²) < 4.78 is 44.0. The van der Waals surface area contributed by atoms with Crippen LogP contribution in [0.25, 0.3) is 0 Å². The highest BCUT2D eigenvalue weighted by Gasteiger charge is 2.28. The van der Waals surface area contributed by atoms with Gasteiger partial charge < -0.3 is 14.2 Å². The van der Waals surface area contributed by atoms with E-state index in [0.717, 1.165) is 18.4 Å². The first kappa shape index (κ1) is 23.6. The summed E-state index contributed by atoms with van der Waals surface area (Å²) in [7, 11) is -3.59. The third-order valence-corrected chi connectivity index (χ3v) is 5.97. The Morgan fingerprint density at radius 1 is 1.28 bits per heavy atom. The molecule has 0 aromatic heterocycles. The topological polar surface area (TPSA) is 90.9 Å². The number of benzene rings is 1. The molecule has 0 aliphatic carbocycles. The number of fused-ring (bicyclic) bond motifs is 1. The molecule has 0 radical (unpaired) electrons. The molecule has 1 heterocycles. The minimum Gasteiger partial charge on any atom is -0.478 e. The number of rotatable bonds is 12. The summed E-state index contributed by atoms with van der Waals surface area (Å²) in [5.41, 5.74) is 0.781. The Bertz CT molecular complexity index is 762. The number of nitrogens with one attached hydrogen (secondary N) is 1. The minimum atomic E-state index is -3.59. The second kappa shape index (κ2) is 11.5. The molecule has 0 spiro atoms. The largest absolute Gasteiger partial charge is 0.478 e. The van der Waals surface area contributed by atoms with Crippen molar-refractivity contribution in [1.82, 2.24) is 4.72 Å². The fraction of sp³-hybridized carbons (Fsp3) is 0.667. The first-order valence-corrected chi connectivity index (χ1v) is 11.9. The molecule has 1 aromatic carbocycles. The van der Waals surface area contributed by atoms with Crippen molar-refractivity contribution in [1.29, 1.82) is 0 Å². The van der Waals surface area contributed by atoms with Crippen LogP contribution in [0.2, 0.25) is 0 Å². The predicted molar refractivity (Wildman–Crippen MR) is 111 cm³/mol. The Balaban J connectivity index is 1.88. The molecule has 2 rings (SSSR count). The van der Waals surface area contributed by atoms with Crippen LogP contribution >= 0.6 is 0 Å². The Kier molecular flexibility index (Phi) is 9.39. The molecule has 0 bridgehead atoms. The molecule has 0 fully saturated rings. The Morgan fingerprint density at radius 3 is 2.76 bits per heavy atom. The lowest BCUT2D eigenvalue weighted by molar-refractivity contribution is -0.153. The highest BCUT2D eigenvalue weighted by molar-refractivity contribution is 7.89. The van der Waals surface area contributed by atoms with E-state index in [-0.39, 0.29) is 16.8 Å². The van der Waals surface area contributed by atoms with Gasteiger partial charge in [-0.2, -0.15) is 0 Å². The second-order valence-electron chi connectivity index (χ2n) is 7.66. The zero-order chi connectivity index (χ0) is 21.3. The number of carbonyl (C=O) groups excluding carboxylic acids is 1. The molecule has 1 N–H and O–H groups in total. The van der Waals surface area contributed by atoms with Crippen LogP contribution in [0.3, 0.4) is 0 Å². The van der Waals surface area contributed by atoms with Crippen molar-refractivity contribution < 1.29 is 27.4 Å². The quantitative estimate of drug-likeness (QED) is 0.407. The Morgan fingerprint density at radius 2 is 2.03 bits per heavy atom. The van der Waals surface area contributed by atoms with Crippen LogP contribution in [-0.4, -0.2) is 46.9 Å². The van der Waals surface area contributed by atoms with Crippen LogP contribution < -0.4 is 9.46 Å². The molecular weight excluding hydrogens is 394 g/mol. The van der Waals surface area contributed by atoms with Gasteiger partial charge in [-0.3, -0.25) is 0 Å². The molecule has 1 atom stereocenters. The maximum atomic E-state index is 12.5. The van der Waals surface area contributed by atoms with Crippen molar-refractivity contribution in [3.63, 3.8) is 0 Å². The molecule has 0 saturated heterocycles. The maximum absolute atomic E-state index is 12.5. The zero-order valence-electron chi connectivity index (χ0n) is 17.6. The van der Waals surface area contributed by atoms with E-state index in [2.05, 4.69) is 11.6 Å². The van der Waals surface area contributed by atoms with E-state index in [1.807, 2.05) is 13.8 Å². The van der Waals surface area contributed by atoms with Crippen LogP contribution in [0.5, 0.6) is 5.75 Å². The molecule has 8 heteroatoms. The fourth-order valence-corrected chi connectivity index (χ4v) is 3.98. The summed E-state index contributed by atoms with van der Waals surface area (Å²) in [5, 5.41) is 0. The summed E-state index contributed by atoms with van der Waals surface area (Å²) in [6, 6.07) is 4.73. The van der Waals surface area contributed by atoms with Crippen molar-refractivity contribution >= 4 is 16.0 Å². The molecule has 0 saturated carbocycles. The zero-order valence-corrected chi connectivity index (χ0v) is 18.4. The number of hydrogen-bond donors (Lipinski definition) is 1. The molecule has 0 amide bonds. The van der Waals surface area contributed by atoms with Crippen molar-refractivity contribution in [2.75, 3.05) is 26.4 Å². The molecule has 7 nitrogen and oxygen atoms in total. The second-order valence-corrected chi connectivity index (χ2v) is 9.42. The first-order valence-electron chi connectivity index (χ1n) is 10.4. The van der Waals surface area contributed by atoms with E-state index in [4.69, 9.17) is 14.2 Å². The first-order chi connectivity index (χ1) is 13.8. The van der Waals surface area contributed by atoms with Crippen LogP contribution in [0.15, 0.2) is 23.1 Å². The monoisotopic (exact) mass is 427 g/mol. The number of sulfonamides is 1. The van der Waals surface area contributed by atoms with Gasteiger partial charge in [0.25, 0.3) is 0 Å². The fourth-order valence-electron chi connectivity index (χ4n) is 2.85. The van der Waals surface area contributed by atoms with Gasteiger partial charge in [-0.05, 0) is 55.4 Å². The number of hydrogen-bond acceptors (Lipinski definition) is 6. The summed E-state index contributed by atoms with van der Waals surface area (Å²) in [5.74, 6) is 0.424. The SMILES string of the molecule is CCCCOCCCNS(=O)(=O)c1ccc2c(c1)CC[C@H](C(=O)OCC(C)C)O2. The van der Waals surface area contributed by atoms with Gasteiger partial charge in [0.15, 0.2) is 6.10 Å². The van der Waals surface area contributed by atoms with Gasteiger partial charge >= 0.3 is 5.97 Å². The predicted octanol–water partition coefficient (Wildman–Crippen LogP) is 3.06. The molecule has 1 aliphatic heterocycles. The summed E-state index contributed by atoms with van der Waals surface area (Å²) in [6.07, 6.45) is 3.10. The number of esters is 1. The van der Waals surface area contributed by atoms with Crippen LogP contribution in [0, 0.1) is 5.92 Å². The molecular formula is C21H33NO6S. The van der Waals surface area contributed by atoms with Crippen molar-refractivity contribution in [3.05, 3.63) is 23.8 Å². The van der Waals surface area contributed by atoms with Crippen LogP contribution in [-0.2, 0) is 30.7 Å². The lowest BCUT2D eigenvalue weighted by Crippen LogP contribution is -2.33. The number of unbranched alkanes of at least 4 members (excludes halogenated alkanes) is 1. The number of carbonyl (C=O) groups is 1. The standard InChI is InChI=1S/C21H33NO6S/c1-4-5-12-26-13-6-11-22-29(24,25)18-8-10-19-17(14-18)7-9-20(28-19)21(23)27-15-16(2)3/h8,10,14,16,20,22H,4-7,9,11-13,15H2,1-3H3/t20-/m1/s1.